The van der Waals surface area contributed by atoms with Gasteiger partial charge in [-0.25, -0.2) is 4.98 Å². The Hall–Kier alpha value is -4.08. The molecule has 1 aliphatic heterocycles. The second-order valence-electron chi connectivity index (χ2n) is 8.43. The van der Waals surface area contributed by atoms with Crippen LogP contribution in [0.4, 0.5) is 0 Å². The molecule has 1 saturated heterocycles. The number of pyridine rings is 1. The van der Waals surface area contributed by atoms with Crippen LogP contribution < -0.4 is 5.73 Å². The minimum absolute atomic E-state index is 0.225. The van der Waals surface area contributed by atoms with E-state index in [1.165, 1.54) is 0 Å². The van der Waals surface area contributed by atoms with E-state index in [4.69, 9.17) is 10.5 Å². The molecule has 4 heterocycles. The fraction of sp³-hybridized carbons (Fsp3) is 0.259. The van der Waals surface area contributed by atoms with Crippen molar-refractivity contribution in [2.45, 2.75) is 13.1 Å². The van der Waals surface area contributed by atoms with Crippen LogP contribution in [0.3, 0.4) is 0 Å². The van der Waals surface area contributed by atoms with Gasteiger partial charge in [-0.2, -0.15) is 5.10 Å². The van der Waals surface area contributed by atoms with Crippen molar-refractivity contribution >= 4 is 29.1 Å². The number of allylic oxidation sites excluding steroid dienone is 1. The SMILES string of the molecule is CN1CCOCC1.N/C=C(\C=NCc1ccccc1)c1c[nH]c2ncc(-c3cnn(CC=O)c3)cc12. The summed E-state index contributed by atoms with van der Waals surface area (Å²) in [5, 5.41) is 5.13. The van der Waals surface area contributed by atoms with Gasteiger partial charge in [0.25, 0.3) is 0 Å². The number of morpholine rings is 1. The van der Waals surface area contributed by atoms with Crippen molar-refractivity contribution in [3.63, 3.8) is 0 Å². The lowest BCUT2D eigenvalue weighted by Crippen LogP contribution is -2.32. The number of fused-ring (bicyclic) bond motifs is 1. The van der Waals surface area contributed by atoms with E-state index in [2.05, 4.69) is 32.0 Å². The summed E-state index contributed by atoms with van der Waals surface area (Å²) in [4.78, 5) is 25.2. The number of aromatic nitrogens is 4. The van der Waals surface area contributed by atoms with E-state index in [0.717, 1.165) is 71.4 Å². The highest BCUT2D eigenvalue weighted by atomic mass is 16.5. The number of likely N-dealkylation sites (N-methyl/N-ethyl adjacent to an activating group) is 1. The lowest BCUT2D eigenvalue weighted by molar-refractivity contribution is -0.108. The number of rotatable bonds is 7. The molecule has 1 aromatic carbocycles. The van der Waals surface area contributed by atoms with Crippen molar-refractivity contribution in [2.24, 2.45) is 10.7 Å². The molecular formula is C27H31N7O2. The fourth-order valence-electron chi connectivity index (χ4n) is 3.78. The number of aldehydes is 1. The van der Waals surface area contributed by atoms with Crippen LogP contribution in [0.15, 0.2) is 72.4 Å². The van der Waals surface area contributed by atoms with Crippen molar-refractivity contribution in [1.82, 2.24) is 24.6 Å². The van der Waals surface area contributed by atoms with E-state index in [-0.39, 0.29) is 6.54 Å². The van der Waals surface area contributed by atoms with Gasteiger partial charge in [0.1, 0.15) is 11.9 Å². The van der Waals surface area contributed by atoms with Gasteiger partial charge in [-0.1, -0.05) is 30.3 Å². The van der Waals surface area contributed by atoms with Crippen LogP contribution in [-0.2, 0) is 22.6 Å². The third-order valence-electron chi connectivity index (χ3n) is 5.83. The van der Waals surface area contributed by atoms with Gasteiger partial charge in [0.05, 0.1) is 32.5 Å². The van der Waals surface area contributed by atoms with Crippen molar-refractivity contribution in [3.8, 4) is 11.1 Å². The summed E-state index contributed by atoms with van der Waals surface area (Å²) in [6, 6.07) is 12.1. The number of nitrogens with zero attached hydrogens (tertiary/aromatic N) is 5. The van der Waals surface area contributed by atoms with E-state index in [1.807, 2.05) is 48.8 Å². The van der Waals surface area contributed by atoms with Crippen LogP contribution >= 0.6 is 0 Å². The minimum Gasteiger partial charge on any atom is -0.404 e. The minimum atomic E-state index is 0.225. The van der Waals surface area contributed by atoms with E-state index < -0.39 is 0 Å². The molecule has 0 radical (unpaired) electrons. The summed E-state index contributed by atoms with van der Waals surface area (Å²) >= 11 is 0. The monoisotopic (exact) mass is 485 g/mol. The molecule has 0 amide bonds. The number of H-pyrrole nitrogens is 1. The molecule has 0 bridgehead atoms. The number of ether oxygens (including phenoxy) is 1. The summed E-state index contributed by atoms with van der Waals surface area (Å²) in [5.74, 6) is 0. The zero-order valence-corrected chi connectivity index (χ0v) is 20.4. The Morgan fingerprint density at radius 2 is 2.00 bits per heavy atom. The number of nitrogens with one attached hydrogen (secondary N) is 1. The molecule has 0 saturated carbocycles. The average Bonchev–Trinajstić information content (AvgIpc) is 3.55. The van der Waals surface area contributed by atoms with Crippen molar-refractivity contribution < 1.29 is 9.53 Å². The second kappa shape index (κ2) is 12.6. The van der Waals surface area contributed by atoms with Gasteiger partial charge in [0, 0.05) is 71.7 Å². The molecule has 3 N–H and O–H groups in total. The topological polar surface area (TPSA) is 114 Å². The molecule has 0 unspecified atom stereocenters. The number of aromatic amines is 1. The number of benzene rings is 1. The van der Waals surface area contributed by atoms with Crippen molar-refractivity contribution in [2.75, 3.05) is 33.4 Å². The Bertz CT molecular complexity index is 1320. The van der Waals surface area contributed by atoms with E-state index >= 15 is 0 Å². The van der Waals surface area contributed by atoms with Gasteiger partial charge >= 0.3 is 0 Å². The molecule has 1 fully saturated rings. The number of carbonyl (C=O) groups excluding carboxylic acids is 1. The van der Waals surface area contributed by atoms with Crippen LogP contribution in [0.5, 0.6) is 0 Å². The summed E-state index contributed by atoms with van der Waals surface area (Å²) < 4.78 is 6.69. The number of carbonyl (C=O) groups is 1. The number of hydrogen-bond acceptors (Lipinski definition) is 7. The summed E-state index contributed by atoms with van der Waals surface area (Å²) in [7, 11) is 2.11. The second-order valence-corrected chi connectivity index (χ2v) is 8.43. The lowest BCUT2D eigenvalue weighted by Gasteiger charge is -2.21. The van der Waals surface area contributed by atoms with Gasteiger partial charge in [-0.15, -0.1) is 0 Å². The molecule has 9 heteroatoms. The van der Waals surface area contributed by atoms with Gasteiger partial charge in [0.2, 0.25) is 0 Å². The first kappa shape index (κ1) is 25.0. The Balaban J connectivity index is 0.000000375. The maximum atomic E-state index is 10.7. The van der Waals surface area contributed by atoms with Gasteiger partial charge < -0.3 is 25.1 Å². The highest BCUT2D eigenvalue weighted by molar-refractivity contribution is 6.14. The van der Waals surface area contributed by atoms with Crippen molar-refractivity contribution in [1.29, 1.82) is 0 Å². The van der Waals surface area contributed by atoms with E-state index in [1.54, 1.807) is 29.5 Å². The Kier molecular flexibility index (Phi) is 8.74. The van der Waals surface area contributed by atoms with Gasteiger partial charge in [-0.05, 0) is 18.7 Å². The van der Waals surface area contributed by atoms with Crippen LogP contribution in [0.2, 0.25) is 0 Å². The van der Waals surface area contributed by atoms with Crippen LogP contribution in [-0.4, -0.2) is 70.5 Å². The molecule has 3 aromatic heterocycles. The molecule has 186 valence electrons. The molecule has 36 heavy (non-hydrogen) atoms. The molecule has 1 aliphatic rings. The van der Waals surface area contributed by atoms with Crippen LogP contribution in [0, 0.1) is 0 Å². The lowest BCUT2D eigenvalue weighted by atomic mass is 10.1. The zero-order chi connectivity index (χ0) is 25.2. The molecular weight excluding hydrogens is 454 g/mol. The first-order valence-electron chi connectivity index (χ1n) is 11.8. The highest BCUT2D eigenvalue weighted by Crippen LogP contribution is 2.27. The number of nitrogens with two attached hydrogens (primary N) is 1. The maximum Gasteiger partial charge on any atom is 0.141 e. The zero-order valence-electron chi connectivity index (χ0n) is 20.4. The summed E-state index contributed by atoms with van der Waals surface area (Å²) in [5.41, 5.74) is 11.3. The Morgan fingerprint density at radius 3 is 2.69 bits per heavy atom. The largest absolute Gasteiger partial charge is 0.404 e. The van der Waals surface area contributed by atoms with Crippen molar-refractivity contribution in [3.05, 3.63) is 78.5 Å². The van der Waals surface area contributed by atoms with Gasteiger partial charge in [0.15, 0.2) is 0 Å². The normalized spacial score (nSPS) is 14.6. The Labute approximate surface area is 210 Å². The standard InChI is InChI=1S/C22H20N6O.C5H11NO/c23-9-18(11-24-10-16-4-2-1-3-5-16)21-14-26-22-20(21)8-17(12-25-22)19-13-27-28(15-19)6-7-29;1-6-2-4-7-5-3-6/h1-5,7-9,11-15H,6,10,23H2,(H,25,26);2-5H2,1H3/b18-9+,24-11?;. The fourth-order valence-corrected chi connectivity index (χ4v) is 3.78. The van der Waals surface area contributed by atoms with Gasteiger partial charge in [-0.3, -0.25) is 9.67 Å². The molecule has 5 rings (SSSR count). The molecule has 0 spiro atoms. The number of hydrogen-bond donors (Lipinski definition) is 2. The number of aliphatic imine (C=N–C) groups is 1. The summed E-state index contributed by atoms with van der Waals surface area (Å²) in [6.45, 7) is 4.83. The van der Waals surface area contributed by atoms with Crippen LogP contribution in [0.1, 0.15) is 11.1 Å². The molecule has 0 atom stereocenters. The van der Waals surface area contributed by atoms with E-state index in [9.17, 15) is 4.79 Å². The maximum absolute atomic E-state index is 10.7. The quantitative estimate of drug-likeness (QED) is 0.307. The molecule has 9 nitrogen and oxygen atoms in total. The van der Waals surface area contributed by atoms with E-state index in [0.29, 0.717) is 6.54 Å². The Morgan fingerprint density at radius 1 is 1.19 bits per heavy atom. The summed E-state index contributed by atoms with van der Waals surface area (Å²) in [6.07, 6.45) is 11.3. The average molecular weight is 486 g/mol. The predicted octanol–water partition coefficient (Wildman–Crippen LogP) is 3.14. The van der Waals surface area contributed by atoms with Crippen LogP contribution in [0.25, 0.3) is 27.7 Å². The third kappa shape index (κ3) is 6.53. The molecule has 4 aromatic rings. The first-order chi connectivity index (χ1) is 17.7. The highest BCUT2D eigenvalue weighted by Gasteiger charge is 2.11. The smallest absolute Gasteiger partial charge is 0.141 e. The molecule has 0 aliphatic carbocycles. The third-order valence-corrected chi connectivity index (χ3v) is 5.83. The predicted molar refractivity (Wildman–Crippen MR) is 142 cm³/mol. The first-order valence-corrected chi connectivity index (χ1v) is 11.8.